The molecule has 0 aromatic heterocycles. The topological polar surface area (TPSA) is 94.8 Å². The highest BCUT2D eigenvalue weighted by Crippen LogP contribution is 2.38. The van der Waals surface area contributed by atoms with E-state index in [0.717, 1.165) is 0 Å². The average Bonchev–Trinajstić information content (AvgIpc) is 1.67. The Labute approximate surface area is 47.0 Å². The van der Waals surface area contributed by atoms with Gasteiger partial charge in [0.1, 0.15) is 0 Å². The molecule has 0 rings (SSSR count). The number of aliphatic hydroxyl groups is 2. The Bertz CT molecular complexity index is 118. The lowest BCUT2D eigenvalue weighted by atomic mass is 11.5. The SMILES string of the molecule is O=PC(O)(O)[PH](=O)O. The Morgan fingerprint density at radius 3 is 1.88 bits per heavy atom. The van der Waals surface area contributed by atoms with E-state index in [0.29, 0.717) is 0 Å². The maximum Gasteiger partial charge on any atom is 0.322 e. The maximum absolute atomic E-state index is 9.73. The van der Waals surface area contributed by atoms with Crippen molar-refractivity contribution in [3.05, 3.63) is 0 Å². The molecule has 0 heterocycles. The van der Waals surface area contributed by atoms with Gasteiger partial charge in [0.15, 0.2) is 0 Å². The summed E-state index contributed by atoms with van der Waals surface area (Å²) in [7, 11) is -4.68. The highest BCUT2D eigenvalue weighted by Gasteiger charge is 2.30. The lowest BCUT2D eigenvalue weighted by Crippen LogP contribution is -2.12. The van der Waals surface area contributed by atoms with Gasteiger partial charge < -0.3 is 15.1 Å². The van der Waals surface area contributed by atoms with Crippen molar-refractivity contribution >= 4 is 16.5 Å². The Morgan fingerprint density at radius 1 is 1.50 bits per heavy atom. The van der Waals surface area contributed by atoms with Crippen LogP contribution in [0, 0.1) is 0 Å². The minimum Gasteiger partial charge on any atom is -0.349 e. The van der Waals surface area contributed by atoms with Crippen LogP contribution in [0.1, 0.15) is 0 Å². The van der Waals surface area contributed by atoms with Crippen LogP contribution in [0.2, 0.25) is 0 Å². The zero-order chi connectivity index (χ0) is 6.78. The first kappa shape index (κ1) is 8.21. The largest absolute Gasteiger partial charge is 0.349 e. The van der Waals surface area contributed by atoms with Crippen LogP contribution in [0.25, 0.3) is 0 Å². The highest BCUT2D eigenvalue weighted by molar-refractivity contribution is 7.53. The molecule has 0 aromatic rings. The summed E-state index contributed by atoms with van der Waals surface area (Å²) in [6.45, 7) is 0. The molecule has 0 aliphatic carbocycles. The molecule has 0 saturated heterocycles. The molecule has 3 N–H and O–H groups in total. The Balaban J connectivity index is 4.12. The third-order valence-electron chi connectivity index (χ3n) is 0.414. The van der Waals surface area contributed by atoms with E-state index < -0.39 is 21.8 Å². The lowest BCUT2D eigenvalue weighted by Gasteiger charge is -2.05. The molecule has 0 bridgehead atoms. The van der Waals surface area contributed by atoms with Crippen LogP contribution < -0.4 is 0 Å². The fourth-order valence-corrected chi connectivity index (χ4v) is 0.351. The van der Waals surface area contributed by atoms with Crippen molar-refractivity contribution in [1.82, 2.24) is 0 Å². The third kappa shape index (κ3) is 1.99. The van der Waals surface area contributed by atoms with Gasteiger partial charge in [-0.3, -0.25) is 9.13 Å². The average molecular weight is 158 g/mol. The van der Waals surface area contributed by atoms with Gasteiger partial charge in [-0.05, 0) is 0 Å². The van der Waals surface area contributed by atoms with E-state index in [-0.39, 0.29) is 0 Å². The van der Waals surface area contributed by atoms with Gasteiger partial charge in [-0.15, -0.1) is 0 Å². The fraction of sp³-hybridized carbons (Fsp3) is 1.00. The fourth-order valence-electron chi connectivity index (χ4n) is 0.0390. The zero-order valence-corrected chi connectivity index (χ0v) is 5.50. The third-order valence-corrected chi connectivity index (χ3v) is 2.09. The van der Waals surface area contributed by atoms with Gasteiger partial charge in [0.2, 0.25) is 8.46 Å². The Morgan fingerprint density at radius 2 is 1.88 bits per heavy atom. The van der Waals surface area contributed by atoms with Crippen molar-refractivity contribution in [2.75, 3.05) is 0 Å². The quantitative estimate of drug-likeness (QED) is 0.366. The van der Waals surface area contributed by atoms with Crippen molar-refractivity contribution < 1.29 is 24.2 Å². The van der Waals surface area contributed by atoms with Crippen molar-refractivity contribution in [1.29, 1.82) is 0 Å². The van der Waals surface area contributed by atoms with Gasteiger partial charge in [0.25, 0.3) is 8.03 Å². The summed E-state index contributed by atoms with van der Waals surface area (Å²) in [6, 6.07) is 0. The van der Waals surface area contributed by atoms with E-state index >= 15 is 0 Å². The normalized spacial score (nSPS) is 16.4. The predicted octanol–water partition coefficient (Wildman–Crippen LogP) is -0.659. The van der Waals surface area contributed by atoms with Crippen molar-refractivity contribution in [3.8, 4) is 0 Å². The molecule has 0 amide bonds. The lowest BCUT2D eigenvalue weighted by molar-refractivity contribution is -0.0137. The smallest absolute Gasteiger partial charge is 0.322 e. The Hall–Kier alpha value is 0.210. The molecule has 0 aliphatic heterocycles. The van der Waals surface area contributed by atoms with Crippen LogP contribution in [0.5, 0.6) is 0 Å². The number of hydrogen-bond donors (Lipinski definition) is 3. The molecule has 48 valence electrons. The van der Waals surface area contributed by atoms with Crippen molar-refractivity contribution in [3.63, 3.8) is 0 Å². The van der Waals surface area contributed by atoms with Crippen LogP contribution >= 0.6 is 16.5 Å². The molecule has 1 atom stereocenters. The first-order valence-electron chi connectivity index (χ1n) is 1.53. The standard InChI is InChI=1S/CH4O5P2/c2-1(3,7-4)8(5)6/h2-3,8H,(H,5,6). The van der Waals surface area contributed by atoms with Crippen LogP contribution in [0.15, 0.2) is 0 Å². The summed E-state index contributed by atoms with van der Waals surface area (Å²) in [6.07, 6.45) is 0. The van der Waals surface area contributed by atoms with E-state index in [4.69, 9.17) is 15.1 Å². The monoisotopic (exact) mass is 158 g/mol. The summed E-state index contributed by atoms with van der Waals surface area (Å²) in [4.78, 5) is 7.92. The first-order valence-corrected chi connectivity index (χ1v) is 3.70. The van der Waals surface area contributed by atoms with Crippen LogP contribution in [-0.2, 0) is 9.13 Å². The molecule has 0 aliphatic rings. The zero-order valence-electron chi connectivity index (χ0n) is 3.61. The van der Waals surface area contributed by atoms with Crippen LogP contribution in [-0.4, -0.2) is 20.4 Å². The number of hydrogen-bond acceptors (Lipinski definition) is 4. The summed E-state index contributed by atoms with van der Waals surface area (Å²) in [5.41, 5.74) is 0. The second-order valence-electron chi connectivity index (χ2n) is 1.03. The summed E-state index contributed by atoms with van der Waals surface area (Å²) >= 11 is 0. The Kier molecular flexibility index (Phi) is 2.74. The van der Waals surface area contributed by atoms with Gasteiger partial charge in [0, 0.05) is 0 Å². The van der Waals surface area contributed by atoms with Gasteiger partial charge in [-0.25, -0.2) is 0 Å². The van der Waals surface area contributed by atoms with E-state index in [1.165, 1.54) is 0 Å². The molecule has 0 saturated carbocycles. The highest BCUT2D eigenvalue weighted by atomic mass is 31.2. The van der Waals surface area contributed by atoms with Gasteiger partial charge in [-0.2, -0.15) is 0 Å². The van der Waals surface area contributed by atoms with E-state index in [1.807, 2.05) is 0 Å². The first-order chi connectivity index (χ1) is 3.50. The molecule has 1 unspecified atom stereocenters. The molecule has 0 radical (unpaired) electrons. The molecular weight excluding hydrogens is 154 g/mol. The number of rotatable bonds is 2. The minimum absolute atomic E-state index is 1.16. The van der Waals surface area contributed by atoms with Crippen molar-refractivity contribution in [2.24, 2.45) is 0 Å². The molecule has 5 nitrogen and oxygen atoms in total. The molecular formula is CH4O5P2. The molecule has 7 heteroatoms. The van der Waals surface area contributed by atoms with E-state index in [2.05, 4.69) is 0 Å². The molecule has 0 spiro atoms. The van der Waals surface area contributed by atoms with Crippen LogP contribution in [0.4, 0.5) is 0 Å². The maximum atomic E-state index is 9.73. The second kappa shape index (κ2) is 2.67. The molecule has 8 heavy (non-hydrogen) atoms. The molecule has 0 fully saturated rings. The van der Waals surface area contributed by atoms with Crippen LogP contribution in [0.3, 0.4) is 0 Å². The molecule has 0 aromatic carbocycles. The van der Waals surface area contributed by atoms with Gasteiger partial charge >= 0.3 is 5.27 Å². The van der Waals surface area contributed by atoms with E-state index in [9.17, 15) is 9.13 Å². The van der Waals surface area contributed by atoms with Gasteiger partial charge in [0.05, 0.1) is 0 Å². The van der Waals surface area contributed by atoms with Gasteiger partial charge in [-0.1, -0.05) is 0 Å². The van der Waals surface area contributed by atoms with Crippen molar-refractivity contribution in [2.45, 2.75) is 5.27 Å². The summed E-state index contributed by atoms with van der Waals surface area (Å²) in [5.74, 6) is 0. The predicted molar refractivity (Wildman–Crippen MR) is 26.0 cm³/mol. The minimum atomic E-state index is -3.53. The summed E-state index contributed by atoms with van der Waals surface area (Å²) < 4.78 is 19.3. The second-order valence-corrected chi connectivity index (χ2v) is 3.57. The summed E-state index contributed by atoms with van der Waals surface area (Å²) in [5, 5.41) is 13.3. The van der Waals surface area contributed by atoms with E-state index in [1.54, 1.807) is 0 Å².